The van der Waals surface area contributed by atoms with Gasteiger partial charge in [0.2, 0.25) is 0 Å². The maximum atomic E-state index is 5.50. The van der Waals surface area contributed by atoms with Crippen LogP contribution in [-0.4, -0.2) is 37.8 Å². The Labute approximate surface area is 114 Å². The molecule has 5 heteroatoms. The van der Waals surface area contributed by atoms with Gasteiger partial charge in [-0.2, -0.15) is 0 Å². The van der Waals surface area contributed by atoms with Crippen LogP contribution in [0.4, 0.5) is 5.69 Å². The molecule has 1 aromatic rings. The fraction of sp³-hybridized carbons (Fsp3) is 0.615. The number of halogens is 1. The first-order valence-electron chi connectivity index (χ1n) is 6.40. The summed E-state index contributed by atoms with van der Waals surface area (Å²) < 4.78 is 5.50. The second-order valence-corrected chi connectivity index (χ2v) is 4.90. The second-order valence-electron chi connectivity index (χ2n) is 4.90. The Hall–Kier alpha value is -1.00. The Morgan fingerprint density at radius 3 is 2.72 bits per heavy atom. The summed E-state index contributed by atoms with van der Waals surface area (Å²) in [6.45, 7) is 7.32. The predicted octanol–water partition coefficient (Wildman–Crippen LogP) is 1.56. The number of hydrogen-bond donors (Lipinski definition) is 1. The van der Waals surface area contributed by atoms with Crippen molar-refractivity contribution in [2.45, 2.75) is 6.92 Å². The Morgan fingerprint density at radius 1 is 1.33 bits per heavy atom. The summed E-state index contributed by atoms with van der Waals surface area (Å²) in [5.74, 6) is 2.50. The van der Waals surface area contributed by atoms with E-state index in [0.717, 1.165) is 30.7 Å². The number of anilines is 1. The predicted molar refractivity (Wildman–Crippen MR) is 74.7 cm³/mol. The molecule has 0 bridgehead atoms. The van der Waals surface area contributed by atoms with E-state index in [9.17, 15) is 0 Å². The molecule has 2 saturated heterocycles. The number of rotatable bonds is 3. The molecule has 0 aliphatic carbocycles. The molecule has 2 fully saturated rings. The lowest BCUT2D eigenvalue weighted by Crippen LogP contribution is -2.25. The van der Waals surface area contributed by atoms with Gasteiger partial charge in [-0.05, 0) is 18.8 Å². The standard InChI is InChI=1S/C13H19N3O.ClH/c1-2-17-13-3-12(6-15-7-13)16-8-10-4-14-5-11(10)9-16;/h3,6-7,10-11,14H,2,4-5,8-9H2,1H3;1H. The molecule has 2 unspecified atom stereocenters. The number of nitrogens with zero attached hydrogens (tertiary/aromatic N) is 2. The van der Waals surface area contributed by atoms with Gasteiger partial charge in [-0.25, -0.2) is 0 Å². The van der Waals surface area contributed by atoms with E-state index in [1.807, 2.05) is 13.1 Å². The van der Waals surface area contributed by atoms with E-state index in [0.29, 0.717) is 6.61 Å². The third kappa shape index (κ3) is 2.54. The summed E-state index contributed by atoms with van der Waals surface area (Å²) in [5, 5.41) is 3.46. The second kappa shape index (κ2) is 5.76. The highest BCUT2D eigenvalue weighted by atomic mass is 35.5. The van der Waals surface area contributed by atoms with Gasteiger partial charge >= 0.3 is 0 Å². The maximum Gasteiger partial charge on any atom is 0.139 e. The average Bonchev–Trinajstić information content (AvgIpc) is 2.89. The van der Waals surface area contributed by atoms with Crippen molar-refractivity contribution < 1.29 is 4.74 Å². The highest BCUT2D eigenvalue weighted by Gasteiger charge is 2.36. The van der Waals surface area contributed by atoms with Crippen molar-refractivity contribution in [3.63, 3.8) is 0 Å². The number of hydrogen-bond acceptors (Lipinski definition) is 4. The average molecular weight is 270 g/mol. The molecule has 2 atom stereocenters. The zero-order valence-corrected chi connectivity index (χ0v) is 11.4. The fourth-order valence-electron chi connectivity index (χ4n) is 2.89. The van der Waals surface area contributed by atoms with Crippen LogP contribution < -0.4 is 15.0 Å². The van der Waals surface area contributed by atoms with Crippen molar-refractivity contribution in [2.24, 2.45) is 11.8 Å². The minimum absolute atomic E-state index is 0. The lowest BCUT2D eigenvalue weighted by atomic mass is 10.0. The molecule has 3 heterocycles. The van der Waals surface area contributed by atoms with E-state index in [-0.39, 0.29) is 12.4 Å². The summed E-state index contributed by atoms with van der Waals surface area (Å²) in [6.07, 6.45) is 3.72. The zero-order chi connectivity index (χ0) is 11.7. The van der Waals surface area contributed by atoms with Gasteiger partial charge in [0.1, 0.15) is 5.75 Å². The van der Waals surface area contributed by atoms with Crippen LogP contribution in [-0.2, 0) is 0 Å². The van der Waals surface area contributed by atoms with Crippen molar-refractivity contribution in [2.75, 3.05) is 37.7 Å². The molecule has 0 aromatic carbocycles. The number of nitrogens with one attached hydrogen (secondary N) is 1. The lowest BCUT2D eigenvalue weighted by Gasteiger charge is -2.19. The summed E-state index contributed by atoms with van der Waals surface area (Å²) >= 11 is 0. The quantitative estimate of drug-likeness (QED) is 0.904. The minimum atomic E-state index is 0. The van der Waals surface area contributed by atoms with Crippen LogP contribution >= 0.6 is 12.4 Å². The maximum absolute atomic E-state index is 5.50. The van der Waals surface area contributed by atoms with Crippen molar-refractivity contribution in [1.82, 2.24) is 10.3 Å². The smallest absolute Gasteiger partial charge is 0.139 e. The first-order valence-corrected chi connectivity index (χ1v) is 6.40. The molecule has 0 saturated carbocycles. The first kappa shape index (κ1) is 13.4. The van der Waals surface area contributed by atoms with E-state index >= 15 is 0 Å². The molecule has 1 N–H and O–H groups in total. The van der Waals surface area contributed by atoms with Crippen molar-refractivity contribution >= 4 is 18.1 Å². The highest BCUT2D eigenvalue weighted by molar-refractivity contribution is 5.85. The molecule has 100 valence electrons. The van der Waals surface area contributed by atoms with Gasteiger partial charge in [0.15, 0.2) is 0 Å². The molecule has 2 aliphatic heterocycles. The van der Waals surface area contributed by atoms with E-state index in [2.05, 4.69) is 21.3 Å². The SMILES string of the molecule is CCOc1cncc(N2CC3CNCC3C2)c1.Cl. The van der Waals surface area contributed by atoms with Gasteiger partial charge in [-0.1, -0.05) is 0 Å². The monoisotopic (exact) mass is 269 g/mol. The van der Waals surface area contributed by atoms with Crippen LogP contribution in [0.3, 0.4) is 0 Å². The van der Waals surface area contributed by atoms with E-state index < -0.39 is 0 Å². The molecular formula is C13H20ClN3O. The summed E-state index contributed by atoms with van der Waals surface area (Å²) in [6, 6.07) is 2.10. The van der Waals surface area contributed by atoms with Gasteiger partial charge in [0.05, 0.1) is 24.7 Å². The normalized spacial score (nSPS) is 25.7. The Kier molecular flexibility index (Phi) is 4.30. The Morgan fingerprint density at radius 2 is 2.06 bits per heavy atom. The molecule has 0 amide bonds. The van der Waals surface area contributed by atoms with Crippen molar-refractivity contribution in [3.8, 4) is 5.75 Å². The molecule has 1 aromatic heterocycles. The molecule has 0 radical (unpaired) electrons. The van der Waals surface area contributed by atoms with Gasteiger partial charge in [-0.3, -0.25) is 4.98 Å². The van der Waals surface area contributed by atoms with Crippen LogP contribution in [0.1, 0.15) is 6.92 Å². The molecule has 0 spiro atoms. The summed E-state index contributed by atoms with van der Waals surface area (Å²) in [4.78, 5) is 6.70. The zero-order valence-electron chi connectivity index (χ0n) is 10.6. The Bertz CT molecular complexity index is 390. The lowest BCUT2D eigenvalue weighted by molar-refractivity contribution is 0.339. The van der Waals surface area contributed by atoms with Crippen LogP contribution in [0.2, 0.25) is 0 Å². The number of pyridine rings is 1. The first-order chi connectivity index (χ1) is 8.36. The van der Waals surface area contributed by atoms with E-state index in [4.69, 9.17) is 4.74 Å². The Balaban J connectivity index is 0.00000120. The van der Waals surface area contributed by atoms with Crippen molar-refractivity contribution in [1.29, 1.82) is 0 Å². The van der Waals surface area contributed by atoms with E-state index in [1.54, 1.807) is 6.20 Å². The molecule has 18 heavy (non-hydrogen) atoms. The number of ether oxygens (including phenoxy) is 1. The molecule has 4 nitrogen and oxygen atoms in total. The van der Waals surface area contributed by atoms with Crippen molar-refractivity contribution in [3.05, 3.63) is 18.5 Å². The largest absolute Gasteiger partial charge is 0.492 e. The van der Waals surface area contributed by atoms with Crippen LogP contribution in [0.25, 0.3) is 0 Å². The third-order valence-corrected chi connectivity index (χ3v) is 3.76. The molecular weight excluding hydrogens is 250 g/mol. The van der Waals surface area contributed by atoms with Gasteiger partial charge in [-0.15, -0.1) is 12.4 Å². The summed E-state index contributed by atoms with van der Waals surface area (Å²) in [7, 11) is 0. The number of aromatic nitrogens is 1. The molecule has 3 rings (SSSR count). The van der Waals surface area contributed by atoms with Gasteiger partial charge in [0, 0.05) is 32.2 Å². The topological polar surface area (TPSA) is 37.4 Å². The van der Waals surface area contributed by atoms with Crippen LogP contribution in [0.15, 0.2) is 18.5 Å². The fourth-order valence-corrected chi connectivity index (χ4v) is 2.89. The highest BCUT2D eigenvalue weighted by Crippen LogP contribution is 2.31. The number of fused-ring (bicyclic) bond motifs is 1. The van der Waals surface area contributed by atoms with Gasteiger partial charge < -0.3 is 15.0 Å². The van der Waals surface area contributed by atoms with Gasteiger partial charge in [0.25, 0.3) is 0 Å². The van der Waals surface area contributed by atoms with E-state index in [1.165, 1.54) is 18.8 Å². The third-order valence-electron chi connectivity index (χ3n) is 3.76. The van der Waals surface area contributed by atoms with Crippen LogP contribution in [0.5, 0.6) is 5.75 Å². The van der Waals surface area contributed by atoms with Crippen LogP contribution in [0, 0.1) is 11.8 Å². The minimum Gasteiger partial charge on any atom is -0.492 e. The molecule has 2 aliphatic rings. The summed E-state index contributed by atoms with van der Waals surface area (Å²) in [5.41, 5.74) is 1.20.